The summed E-state index contributed by atoms with van der Waals surface area (Å²) in [6, 6.07) is 7.78. The molecule has 0 aliphatic carbocycles. The molecule has 0 aliphatic rings. The third-order valence-electron chi connectivity index (χ3n) is 2.94. The van der Waals surface area contributed by atoms with Crippen LogP contribution in [0.2, 0.25) is 5.15 Å². The first-order valence-corrected chi connectivity index (χ1v) is 6.88. The summed E-state index contributed by atoms with van der Waals surface area (Å²) < 4.78 is 2.97. The summed E-state index contributed by atoms with van der Waals surface area (Å²) >= 11 is 9.42. The van der Waals surface area contributed by atoms with Gasteiger partial charge in [-0.3, -0.25) is 4.40 Å². The lowest BCUT2D eigenvalue weighted by Gasteiger charge is -2.05. The van der Waals surface area contributed by atoms with E-state index < -0.39 is 0 Å². The molecule has 0 unspecified atom stereocenters. The van der Waals surface area contributed by atoms with Gasteiger partial charge in [0.2, 0.25) is 0 Å². The van der Waals surface area contributed by atoms with E-state index in [1.165, 1.54) is 0 Å². The maximum absolute atomic E-state index is 5.93. The summed E-state index contributed by atoms with van der Waals surface area (Å²) in [6.07, 6.45) is 0. The Kier molecular flexibility index (Phi) is 3.03. The molecule has 4 nitrogen and oxygen atoms in total. The Hall–Kier alpha value is -1.46. The number of fused-ring (bicyclic) bond motifs is 1. The Morgan fingerprint density at radius 2 is 1.95 bits per heavy atom. The van der Waals surface area contributed by atoms with Crippen LogP contribution in [0.3, 0.4) is 0 Å². The highest BCUT2D eigenvalue weighted by molar-refractivity contribution is 9.10. The number of benzene rings is 1. The standard InChI is InChI=1S/C13H10BrClN4/c1-7-5-9(3-4-10(7)14)13-18-17-12-6-11(15)16-8(2)19(12)13/h3-6H,1-2H3. The van der Waals surface area contributed by atoms with Crippen LogP contribution in [0.5, 0.6) is 0 Å². The number of hydrogen-bond donors (Lipinski definition) is 0. The first-order chi connectivity index (χ1) is 9.06. The van der Waals surface area contributed by atoms with E-state index in [1.54, 1.807) is 6.07 Å². The second-order valence-corrected chi connectivity index (χ2v) is 5.55. The average Bonchev–Trinajstić information content (AvgIpc) is 2.76. The van der Waals surface area contributed by atoms with E-state index in [4.69, 9.17) is 11.6 Å². The lowest BCUT2D eigenvalue weighted by atomic mass is 10.1. The molecule has 0 saturated carbocycles. The fraction of sp³-hybridized carbons (Fsp3) is 0.154. The minimum atomic E-state index is 0.427. The Morgan fingerprint density at radius 1 is 1.16 bits per heavy atom. The highest BCUT2D eigenvalue weighted by Gasteiger charge is 2.12. The largest absolute Gasteiger partial charge is 0.263 e. The molecule has 6 heteroatoms. The highest BCUT2D eigenvalue weighted by Crippen LogP contribution is 2.25. The van der Waals surface area contributed by atoms with Crippen molar-refractivity contribution in [2.24, 2.45) is 0 Å². The average molecular weight is 338 g/mol. The Morgan fingerprint density at radius 3 is 2.68 bits per heavy atom. The molecule has 19 heavy (non-hydrogen) atoms. The molecule has 0 saturated heterocycles. The zero-order chi connectivity index (χ0) is 13.6. The third-order valence-corrected chi connectivity index (χ3v) is 4.03. The predicted molar refractivity (Wildman–Crippen MR) is 78.4 cm³/mol. The van der Waals surface area contributed by atoms with Crippen molar-refractivity contribution in [3.8, 4) is 11.4 Å². The van der Waals surface area contributed by atoms with Crippen LogP contribution >= 0.6 is 27.5 Å². The summed E-state index contributed by atoms with van der Waals surface area (Å²) in [5, 5.41) is 8.81. The van der Waals surface area contributed by atoms with Gasteiger partial charge < -0.3 is 0 Å². The van der Waals surface area contributed by atoms with Gasteiger partial charge in [-0.1, -0.05) is 33.6 Å². The van der Waals surface area contributed by atoms with Crippen LogP contribution in [0.4, 0.5) is 0 Å². The summed E-state index contributed by atoms with van der Waals surface area (Å²) in [4.78, 5) is 4.24. The molecule has 2 heterocycles. The molecule has 0 atom stereocenters. The zero-order valence-electron chi connectivity index (χ0n) is 10.4. The number of nitrogens with zero attached hydrogens (tertiary/aromatic N) is 4. The van der Waals surface area contributed by atoms with E-state index in [9.17, 15) is 0 Å². The van der Waals surface area contributed by atoms with E-state index in [2.05, 4.69) is 37.2 Å². The molecule has 0 spiro atoms. The van der Waals surface area contributed by atoms with Crippen LogP contribution in [0.15, 0.2) is 28.7 Å². The van der Waals surface area contributed by atoms with Gasteiger partial charge in [-0.05, 0) is 31.5 Å². The molecule has 3 rings (SSSR count). The van der Waals surface area contributed by atoms with Crippen molar-refractivity contribution in [1.29, 1.82) is 0 Å². The molecule has 1 aromatic carbocycles. The summed E-state index contributed by atoms with van der Waals surface area (Å²) in [6.45, 7) is 3.93. The van der Waals surface area contributed by atoms with Gasteiger partial charge in [-0.25, -0.2) is 4.98 Å². The number of halogens is 2. The van der Waals surface area contributed by atoms with Crippen molar-refractivity contribution in [2.45, 2.75) is 13.8 Å². The van der Waals surface area contributed by atoms with E-state index in [0.29, 0.717) is 10.8 Å². The van der Waals surface area contributed by atoms with Crippen LogP contribution in [-0.4, -0.2) is 19.6 Å². The molecular formula is C13H10BrClN4. The smallest absolute Gasteiger partial charge is 0.169 e. The molecule has 0 aliphatic heterocycles. The summed E-state index contributed by atoms with van der Waals surface area (Å²) in [7, 11) is 0. The zero-order valence-corrected chi connectivity index (χ0v) is 12.7. The number of rotatable bonds is 1. The number of aromatic nitrogens is 4. The Bertz CT molecular complexity index is 782. The van der Waals surface area contributed by atoms with E-state index >= 15 is 0 Å². The lowest BCUT2D eigenvalue weighted by molar-refractivity contribution is 0.988. The second kappa shape index (κ2) is 4.58. The van der Waals surface area contributed by atoms with Gasteiger partial charge in [0.1, 0.15) is 11.0 Å². The predicted octanol–water partition coefficient (Wildman–Crippen LogP) is 3.82. The normalized spacial score (nSPS) is 11.2. The topological polar surface area (TPSA) is 43.1 Å². The second-order valence-electron chi connectivity index (χ2n) is 4.31. The van der Waals surface area contributed by atoms with Gasteiger partial charge >= 0.3 is 0 Å². The number of hydrogen-bond acceptors (Lipinski definition) is 3. The molecule has 0 N–H and O–H groups in total. The fourth-order valence-corrected chi connectivity index (χ4v) is 2.49. The van der Waals surface area contributed by atoms with E-state index in [0.717, 1.165) is 27.2 Å². The van der Waals surface area contributed by atoms with Crippen molar-refractivity contribution >= 4 is 33.2 Å². The van der Waals surface area contributed by atoms with E-state index in [1.807, 2.05) is 30.4 Å². The molecule has 0 amide bonds. The van der Waals surface area contributed by atoms with Gasteiger partial charge in [0, 0.05) is 16.1 Å². The van der Waals surface area contributed by atoms with Crippen LogP contribution in [-0.2, 0) is 0 Å². The van der Waals surface area contributed by atoms with Gasteiger partial charge in [0.15, 0.2) is 11.5 Å². The van der Waals surface area contributed by atoms with Crippen molar-refractivity contribution < 1.29 is 0 Å². The quantitative estimate of drug-likeness (QED) is 0.634. The molecular weight excluding hydrogens is 328 g/mol. The van der Waals surface area contributed by atoms with Crippen LogP contribution < -0.4 is 0 Å². The van der Waals surface area contributed by atoms with Gasteiger partial charge in [-0.15, -0.1) is 10.2 Å². The van der Waals surface area contributed by atoms with Gasteiger partial charge in [0.25, 0.3) is 0 Å². The summed E-state index contributed by atoms with van der Waals surface area (Å²) in [5.41, 5.74) is 2.85. The minimum Gasteiger partial charge on any atom is -0.263 e. The molecule has 0 fully saturated rings. The van der Waals surface area contributed by atoms with Crippen molar-refractivity contribution in [3.63, 3.8) is 0 Å². The fourth-order valence-electron chi connectivity index (χ4n) is 2.02. The molecule has 96 valence electrons. The van der Waals surface area contributed by atoms with Gasteiger partial charge in [0.05, 0.1) is 0 Å². The highest BCUT2D eigenvalue weighted by atomic mass is 79.9. The molecule has 3 aromatic rings. The number of aryl methyl sites for hydroxylation is 2. The SMILES string of the molecule is Cc1cc(-c2nnc3cc(Cl)nc(C)n23)ccc1Br. The summed E-state index contributed by atoms with van der Waals surface area (Å²) in [5.74, 6) is 1.54. The van der Waals surface area contributed by atoms with Crippen molar-refractivity contribution in [2.75, 3.05) is 0 Å². The first kappa shape index (κ1) is 12.6. The third kappa shape index (κ3) is 2.13. The molecule has 0 radical (unpaired) electrons. The maximum atomic E-state index is 5.93. The van der Waals surface area contributed by atoms with Crippen LogP contribution in [0.1, 0.15) is 11.4 Å². The minimum absolute atomic E-state index is 0.427. The molecule has 0 bridgehead atoms. The Labute approximate surface area is 123 Å². The lowest BCUT2D eigenvalue weighted by Crippen LogP contribution is -1.98. The van der Waals surface area contributed by atoms with Crippen molar-refractivity contribution in [3.05, 3.63) is 45.3 Å². The van der Waals surface area contributed by atoms with Crippen molar-refractivity contribution in [1.82, 2.24) is 19.6 Å². The van der Waals surface area contributed by atoms with Gasteiger partial charge in [-0.2, -0.15) is 0 Å². The molecule has 2 aromatic heterocycles. The van der Waals surface area contributed by atoms with E-state index in [-0.39, 0.29) is 0 Å². The first-order valence-electron chi connectivity index (χ1n) is 5.71. The monoisotopic (exact) mass is 336 g/mol. The van der Waals surface area contributed by atoms with Crippen LogP contribution in [0.25, 0.3) is 17.0 Å². The Balaban J connectivity index is 2.28. The van der Waals surface area contributed by atoms with Crippen LogP contribution in [0, 0.1) is 13.8 Å². The maximum Gasteiger partial charge on any atom is 0.169 e.